The van der Waals surface area contributed by atoms with Gasteiger partial charge in [-0.05, 0) is 51.1 Å². The molecule has 2 aromatic rings. The van der Waals surface area contributed by atoms with E-state index in [9.17, 15) is 14.7 Å². The molecular formula is C26H34O4. The number of hydrogen-bond donors (Lipinski definition) is 1. The van der Waals surface area contributed by atoms with Crippen molar-refractivity contribution in [3.63, 3.8) is 0 Å². The maximum Gasteiger partial charge on any atom is 0.343 e. The van der Waals surface area contributed by atoms with Crippen LogP contribution in [0.4, 0.5) is 0 Å². The first-order chi connectivity index (χ1) is 13.5. The minimum Gasteiger partial charge on any atom is -0.478 e. The lowest BCUT2D eigenvalue weighted by molar-refractivity contribution is 0.0677. The van der Waals surface area contributed by atoms with Gasteiger partial charge in [0.25, 0.3) is 0 Å². The first-order valence-corrected chi connectivity index (χ1v) is 10.3. The number of carbonyl (C=O) groups is 2. The summed E-state index contributed by atoms with van der Waals surface area (Å²) in [6, 6.07) is 10.4. The van der Waals surface area contributed by atoms with Gasteiger partial charge in [-0.2, -0.15) is 0 Å². The fourth-order valence-corrected chi connectivity index (χ4v) is 3.80. The second-order valence-corrected chi connectivity index (χ2v) is 10.9. The Kier molecular flexibility index (Phi) is 6.23. The van der Waals surface area contributed by atoms with Crippen molar-refractivity contribution >= 4 is 11.9 Å². The summed E-state index contributed by atoms with van der Waals surface area (Å²) in [7, 11) is 0. The van der Waals surface area contributed by atoms with Gasteiger partial charge < -0.3 is 9.84 Å². The molecule has 0 atom stereocenters. The number of carboxylic acid groups (broad SMARTS) is 1. The molecule has 2 aromatic carbocycles. The summed E-state index contributed by atoms with van der Waals surface area (Å²) in [5.74, 6) is -1.57. The molecule has 0 amide bonds. The SMILES string of the molecule is CC(C)(C)c1cc(OC(=O)c2ccccc2)c(C(=O)O)c(C(C)(C)C)c1C(C)(C)C. The monoisotopic (exact) mass is 410 g/mol. The fourth-order valence-electron chi connectivity index (χ4n) is 3.80. The number of carboxylic acids is 1. The van der Waals surface area contributed by atoms with Gasteiger partial charge in [0.05, 0.1) is 5.56 Å². The van der Waals surface area contributed by atoms with Crippen LogP contribution >= 0.6 is 0 Å². The molecule has 0 unspecified atom stereocenters. The Balaban J connectivity index is 2.92. The Morgan fingerprint density at radius 2 is 1.27 bits per heavy atom. The average Bonchev–Trinajstić information content (AvgIpc) is 2.58. The highest BCUT2D eigenvalue weighted by molar-refractivity contribution is 5.97. The largest absolute Gasteiger partial charge is 0.478 e. The number of aromatic carboxylic acids is 1. The van der Waals surface area contributed by atoms with E-state index in [-0.39, 0.29) is 22.1 Å². The number of benzene rings is 2. The lowest BCUT2D eigenvalue weighted by Gasteiger charge is -2.38. The topological polar surface area (TPSA) is 63.6 Å². The summed E-state index contributed by atoms with van der Waals surface area (Å²) in [4.78, 5) is 25.2. The second-order valence-electron chi connectivity index (χ2n) is 10.9. The van der Waals surface area contributed by atoms with E-state index in [1.807, 2.05) is 26.8 Å². The summed E-state index contributed by atoms with van der Waals surface area (Å²) in [5, 5.41) is 10.2. The zero-order valence-electron chi connectivity index (χ0n) is 19.6. The van der Waals surface area contributed by atoms with Crippen molar-refractivity contribution in [3.8, 4) is 5.75 Å². The molecule has 0 spiro atoms. The number of rotatable bonds is 3. The van der Waals surface area contributed by atoms with Gasteiger partial charge in [0.15, 0.2) is 0 Å². The molecule has 30 heavy (non-hydrogen) atoms. The fraction of sp³-hybridized carbons (Fsp3) is 0.462. The molecule has 0 radical (unpaired) electrons. The first kappa shape index (κ1) is 23.7. The Morgan fingerprint density at radius 1 is 0.767 bits per heavy atom. The van der Waals surface area contributed by atoms with Crippen molar-refractivity contribution in [2.75, 3.05) is 0 Å². The molecule has 4 heteroatoms. The first-order valence-electron chi connectivity index (χ1n) is 10.3. The van der Waals surface area contributed by atoms with E-state index in [0.717, 1.165) is 11.1 Å². The summed E-state index contributed by atoms with van der Waals surface area (Å²) < 4.78 is 5.71. The summed E-state index contributed by atoms with van der Waals surface area (Å²) in [6.45, 7) is 18.5. The van der Waals surface area contributed by atoms with Gasteiger partial charge in [-0.1, -0.05) is 80.5 Å². The van der Waals surface area contributed by atoms with Crippen molar-refractivity contribution in [2.45, 2.75) is 78.6 Å². The zero-order chi connectivity index (χ0) is 23.1. The zero-order valence-corrected chi connectivity index (χ0v) is 19.6. The Morgan fingerprint density at radius 3 is 1.67 bits per heavy atom. The van der Waals surface area contributed by atoms with E-state index < -0.39 is 17.4 Å². The van der Waals surface area contributed by atoms with Crippen LogP contribution in [0.5, 0.6) is 5.75 Å². The minimum atomic E-state index is -1.10. The predicted octanol–water partition coefficient (Wildman–Crippen LogP) is 6.50. The van der Waals surface area contributed by atoms with Gasteiger partial charge in [0.2, 0.25) is 0 Å². The molecule has 0 aromatic heterocycles. The van der Waals surface area contributed by atoms with Crippen LogP contribution in [0.1, 0.15) is 99.7 Å². The van der Waals surface area contributed by atoms with E-state index in [0.29, 0.717) is 11.1 Å². The van der Waals surface area contributed by atoms with Crippen molar-refractivity contribution in [1.82, 2.24) is 0 Å². The maximum absolute atomic E-state index is 12.8. The van der Waals surface area contributed by atoms with Gasteiger partial charge >= 0.3 is 11.9 Å². The van der Waals surface area contributed by atoms with Crippen LogP contribution in [0, 0.1) is 0 Å². The molecular weight excluding hydrogens is 376 g/mol. The van der Waals surface area contributed by atoms with E-state index >= 15 is 0 Å². The summed E-state index contributed by atoms with van der Waals surface area (Å²) >= 11 is 0. The lowest BCUT2D eigenvalue weighted by Crippen LogP contribution is -2.31. The molecule has 0 fully saturated rings. The Bertz CT molecular complexity index is 950. The number of ether oxygens (including phenoxy) is 1. The minimum absolute atomic E-state index is 0.0599. The van der Waals surface area contributed by atoms with Gasteiger partial charge in [-0.25, -0.2) is 9.59 Å². The third-order valence-corrected chi connectivity index (χ3v) is 5.03. The molecule has 162 valence electrons. The smallest absolute Gasteiger partial charge is 0.343 e. The molecule has 0 bridgehead atoms. The molecule has 0 saturated carbocycles. The van der Waals surface area contributed by atoms with E-state index in [1.165, 1.54) is 0 Å². The summed E-state index contributed by atoms with van der Waals surface area (Å²) in [5.41, 5.74) is 2.11. The van der Waals surface area contributed by atoms with Crippen LogP contribution in [0.3, 0.4) is 0 Å². The van der Waals surface area contributed by atoms with Gasteiger partial charge in [-0.3, -0.25) is 0 Å². The van der Waals surface area contributed by atoms with Crippen molar-refractivity contribution in [2.24, 2.45) is 0 Å². The lowest BCUT2D eigenvalue weighted by atomic mass is 9.67. The van der Waals surface area contributed by atoms with Crippen molar-refractivity contribution in [3.05, 3.63) is 64.2 Å². The third kappa shape index (κ3) is 4.92. The van der Waals surface area contributed by atoms with E-state index in [1.54, 1.807) is 30.3 Å². The predicted molar refractivity (Wildman–Crippen MR) is 121 cm³/mol. The highest BCUT2D eigenvalue weighted by Crippen LogP contribution is 2.46. The van der Waals surface area contributed by atoms with Crippen molar-refractivity contribution < 1.29 is 19.4 Å². The molecule has 0 saturated heterocycles. The molecule has 4 nitrogen and oxygen atoms in total. The van der Waals surface area contributed by atoms with Gasteiger partial charge in [0, 0.05) is 0 Å². The highest BCUT2D eigenvalue weighted by atomic mass is 16.5. The second kappa shape index (κ2) is 7.90. The van der Waals surface area contributed by atoms with Crippen LogP contribution < -0.4 is 4.74 Å². The number of carbonyl (C=O) groups excluding carboxylic acids is 1. The maximum atomic E-state index is 12.8. The van der Waals surface area contributed by atoms with E-state index in [4.69, 9.17) is 4.74 Å². The molecule has 0 heterocycles. The van der Waals surface area contributed by atoms with Crippen LogP contribution in [-0.4, -0.2) is 17.0 Å². The highest BCUT2D eigenvalue weighted by Gasteiger charge is 2.38. The van der Waals surface area contributed by atoms with Gasteiger partial charge in [0.1, 0.15) is 11.3 Å². The molecule has 1 N–H and O–H groups in total. The van der Waals surface area contributed by atoms with Crippen LogP contribution in [0.15, 0.2) is 36.4 Å². The molecule has 0 aliphatic heterocycles. The van der Waals surface area contributed by atoms with Crippen LogP contribution in [-0.2, 0) is 16.2 Å². The van der Waals surface area contributed by atoms with Gasteiger partial charge in [-0.15, -0.1) is 0 Å². The molecule has 0 aliphatic rings. The summed E-state index contributed by atoms with van der Waals surface area (Å²) in [6.07, 6.45) is 0. The van der Waals surface area contributed by atoms with Crippen LogP contribution in [0.25, 0.3) is 0 Å². The third-order valence-electron chi connectivity index (χ3n) is 5.03. The Labute approximate surface area is 180 Å². The molecule has 2 rings (SSSR count). The van der Waals surface area contributed by atoms with Crippen molar-refractivity contribution in [1.29, 1.82) is 0 Å². The molecule has 0 aliphatic carbocycles. The normalized spacial score (nSPS) is 12.6. The van der Waals surface area contributed by atoms with Crippen LogP contribution in [0.2, 0.25) is 0 Å². The standard InChI is InChI=1S/C26H34O4/c1-24(2,3)17-15-18(30-23(29)16-13-11-10-12-14-16)19(22(27)28)21(26(7,8)9)20(17)25(4,5)6/h10-15H,1-9H3,(H,27,28). The Hall–Kier alpha value is -2.62. The van der Waals surface area contributed by atoms with E-state index in [2.05, 4.69) is 41.5 Å². The number of esters is 1. The quantitative estimate of drug-likeness (QED) is 0.463. The number of hydrogen-bond acceptors (Lipinski definition) is 3. The average molecular weight is 411 g/mol.